The zero-order chi connectivity index (χ0) is 15.8. The van der Waals surface area contributed by atoms with Crippen molar-refractivity contribution in [3.63, 3.8) is 0 Å². The summed E-state index contributed by atoms with van der Waals surface area (Å²) in [7, 11) is -4.22. The van der Waals surface area contributed by atoms with Crippen molar-refractivity contribution in [3.8, 4) is 0 Å². The van der Waals surface area contributed by atoms with Gasteiger partial charge < -0.3 is 5.73 Å². The molecule has 1 aliphatic rings. The second kappa shape index (κ2) is 5.86. The third-order valence-electron chi connectivity index (χ3n) is 3.11. The average molecular weight is 387 g/mol. The lowest BCUT2D eigenvalue weighted by molar-refractivity contribution is -0.137. The van der Waals surface area contributed by atoms with Crippen molar-refractivity contribution >= 4 is 26.0 Å². The molecule has 1 saturated carbocycles. The Morgan fingerprint density at radius 2 is 1.95 bits per heavy atom. The molecule has 2 N–H and O–H groups in total. The molecular weight excluding hydrogens is 373 g/mol. The molecule has 0 atom stereocenters. The van der Waals surface area contributed by atoms with E-state index in [-0.39, 0.29) is 15.9 Å². The summed E-state index contributed by atoms with van der Waals surface area (Å²) in [5.41, 5.74) is 6.00. The SMILES string of the molecule is NCc1ccc(Br)c(S(=O)(=O)N(CC(F)(F)F)C2CC2)c1. The maximum Gasteiger partial charge on any atom is 0.402 e. The predicted molar refractivity (Wildman–Crippen MR) is 75.0 cm³/mol. The fourth-order valence-electron chi connectivity index (χ4n) is 1.95. The van der Waals surface area contributed by atoms with Crippen molar-refractivity contribution in [1.82, 2.24) is 4.31 Å². The van der Waals surface area contributed by atoms with Crippen LogP contribution in [0.3, 0.4) is 0 Å². The minimum atomic E-state index is -4.58. The maximum atomic E-state index is 12.6. The van der Waals surface area contributed by atoms with Gasteiger partial charge in [-0.05, 0) is 46.5 Å². The van der Waals surface area contributed by atoms with E-state index in [9.17, 15) is 21.6 Å². The lowest BCUT2D eigenvalue weighted by atomic mass is 10.2. The van der Waals surface area contributed by atoms with E-state index in [1.165, 1.54) is 12.1 Å². The summed E-state index contributed by atoms with van der Waals surface area (Å²) >= 11 is 3.09. The maximum absolute atomic E-state index is 12.6. The summed E-state index contributed by atoms with van der Waals surface area (Å²) in [4.78, 5) is -0.179. The number of hydrogen-bond acceptors (Lipinski definition) is 3. The van der Waals surface area contributed by atoms with Crippen molar-refractivity contribution in [2.24, 2.45) is 5.73 Å². The van der Waals surface area contributed by atoms with Gasteiger partial charge in [-0.25, -0.2) is 8.42 Å². The largest absolute Gasteiger partial charge is 0.402 e. The Balaban J connectivity index is 2.43. The van der Waals surface area contributed by atoms with Gasteiger partial charge >= 0.3 is 6.18 Å². The molecule has 4 nitrogen and oxygen atoms in total. The number of benzene rings is 1. The van der Waals surface area contributed by atoms with Crippen LogP contribution in [0.2, 0.25) is 0 Å². The number of sulfonamides is 1. The Morgan fingerprint density at radius 3 is 2.43 bits per heavy atom. The zero-order valence-corrected chi connectivity index (χ0v) is 13.3. The number of hydrogen-bond donors (Lipinski definition) is 1. The third-order valence-corrected chi connectivity index (χ3v) is 6.00. The van der Waals surface area contributed by atoms with Crippen LogP contribution in [0.4, 0.5) is 13.2 Å². The molecule has 1 aliphatic carbocycles. The molecular formula is C12H14BrF3N2O2S. The first-order valence-electron chi connectivity index (χ1n) is 6.22. The van der Waals surface area contributed by atoms with Gasteiger partial charge in [-0.2, -0.15) is 17.5 Å². The highest BCUT2D eigenvalue weighted by Gasteiger charge is 2.45. The highest BCUT2D eigenvalue weighted by molar-refractivity contribution is 9.10. The number of alkyl halides is 3. The Kier molecular flexibility index (Phi) is 4.67. The van der Waals surface area contributed by atoms with Crippen LogP contribution in [0.5, 0.6) is 0 Å². The van der Waals surface area contributed by atoms with Gasteiger partial charge in [0.1, 0.15) is 6.54 Å². The van der Waals surface area contributed by atoms with Crippen LogP contribution in [-0.2, 0) is 16.6 Å². The second-order valence-corrected chi connectivity index (χ2v) is 7.58. The van der Waals surface area contributed by atoms with Gasteiger partial charge in [-0.3, -0.25) is 0 Å². The standard InChI is InChI=1S/C12H14BrF3N2O2S/c13-10-4-1-8(6-17)5-11(10)21(19,20)18(9-2-3-9)7-12(14,15)16/h1,4-5,9H,2-3,6-7,17H2. The molecule has 2 rings (SSSR count). The summed E-state index contributed by atoms with van der Waals surface area (Å²) in [6.07, 6.45) is -3.68. The first kappa shape index (κ1) is 16.7. The third kappa shape index (κ3) is 3.97. The molecule has 0 aliphatic heterocycles. The van der Waals surface area contributed by atoms with Gasteiger partial charge in [0.15, 0.2) is 0 Å². The van der Waals surface area contributed by atoms with E-state index in [1.807, 2.05) is 0 Å². The Morgan fingerprint density at radius 1 is 1.33 bits per heavy atom. The molecule has 0 bridgehead atoms. The Bertz CT molecular complexity index is 630. The van der Waals surface area contributed by atoms with Crippen LogP contribution in [0, 0.1) is 0 Å². The van der Waals surface area contributed by atoms with E-state index in [0.29, 0.717) is 22.7 Å². The van der Waals surface area contributed by atoms with Crippen LogP contribution in [0.25, 0.3) is 0 Å². The van der Waals surface area contributed by atoms with Crippen LogP contribution in [0.15, 0.2) is 27.6 Å². The van der Waals surface area contributed by atoms with Crippen molar-refractivity contribution in [2.45, 2.75) is 36.5 Å². The molecule has 118 valence electrons. The molecule has 0 spiro atoms. The number of halogens is 4. The van der Waals surface area contributed by atoms with Gasteiger partial charge in [-0.15, -0.1) is 0 Å². The molecule has 0 aromatic heterocycles. The predicted octanol–water partition coefficient (Wildman–Crippen LogP) is 2.62. The smallest absolute Gasteiger partial charge is 0.326 e. The molecule has 0 heterocycles. The molecule has 0 amide bonds. The van der Waals surface area contributed by atoms with Gasteiger partial charge in [-0.1, -0.05) is 6.07 Å². The molecule has 0 saturated heterocycles. The van der Waals surface area contributed by atoms with E-state index in [0.717, 1.165) is 0 Å². The fraction of sp³-hybridized carbons (Fsp3) is 0.500. The summed E-state index contributed by atoms with van der Waals surface area (Å²) in [5, 5.41) is 0. The Hall–Kier alpha value is -0.640. The minimum absolute atomic E-state index is 0.110. The van der Waals surface area contributed by atoms with Crippen LogP contribution < -0.4 is 5.73 Å². The van der Waals surface area contributed by atoms with E-state index in [4.69, 9.17) is 5.73 Å². The number of rotatable bonds is 5. The average Bonchev–Trinajstić information content (AvgIpc) is 3.19. The van der Waals surface area contributed by atoms with Crippen molar-refractivity contribution in [2.75, 3.05) is 6.54 Å². The molecule has 9 heteroatoms. The highest BCUT2D eigenvalue weighted by Crippen LogP contribution is 2.36. The Labute approximate surface area is 129 Å². The molecule has 1 fully saturated rings. The van der Waals surface area contributed by atoms with Crippen LogP contribution in [0.1, 0.15) is 18.4 Å². The molecule has 0 radical (unpaired) electrons. The summed E-state index contributed by atoms with van der Waals surface area (Å²) in [6.45, 7) is -1.36. The fourth-order valence-corrected chi connectivity index (χ4v) is 4.60. The van der Waals surface area contributed by atoms with E-state index < -0.39 is 28.8 Å². The van der Waals surface area contributed by atoms with Gasteiger partial charge in [0, 0.05) is 17.1 Å². The van der Waals surface area contributed by atoms with Gasteiger partial charge in [0.25, 0.3) is 0 Å². The topological polar surface area (TPSA) is 63.4 Å². The summed E-state index contributed by atoms with van der Waals surface area (Å²) in [6, 6.07) is 3.83. The number of nitrogens with zero attached hydrogens (tertiary/aromatic N) is 1. The lowest BCUT2D eigenvalue weighted by Gasteiger charge is -2.24. The van der Waals surface area contributed by atoms with Crippen molar-refractivity contribution < 1.29 is 21.6 Å². The summed E-state index contributed by atoms with van der Waals surface area (Å²) in [5.74, 6) is 0. The zero-order valence-electron chi connectivity index (χ0n) is 10.9. The molecule has 0 unspecified atom stereocenters. The normalized spacial score (nSPS) is 16.5. The minimum Gasteiger partial charge on any atom is -0.326 e. The molecule has 1 aromatic rings. The number of nitrogens with two attached hydrogens (primary N) is 1. The molecule has 21 heavy (non-hydrogen) atoms. The van der Waals surface area contributed by atoms with E-state index in [2.05, 4.69) is 15.9 Å². The van der Waals surface area contributed by atoms with Gasteiger partial charge in [0.2, 0.25) is 10.0 Å². The van der Waals surface area contributed by atoms with Crippen LogP contribution >= 0.6 is 15.9 Å². The first-order valence-corrected chi connectivity index (χ1v) is 8.45. The van der Waals surface area contributed by atoms with E-state index >= 15 is 0 Å². The van der Waals surface area contributed by atoms with Crippen molar-refractivity contribution in [3.05, 3.63) is 28.2 Å². The van der Waals surface area contributed by atoms with Crippen molar-refractivity contribution in [1.29, 1.82) is 0 Å². The van der Waals surface area contributed by atoms with Crippen LogP contribution in [-0.4, -0.2) is 31.5 Å². The monoisotopic (exact) mass is 386 g/mol. The van der Waals surface area contributed by atoms with Gasteiger partial charge in [0.05, 0.1) is 4.90 Å². The lowest BCUT2D eigenvalue weighted by Crippen LogP contribution is -2.40. The molecule has 1 aromatic carbocycles. The summed E-state index contributed by atoms with van der Waals surface area (Å²) < 4.78 is 63.8. The second-order valence-electron chi connectivity index (χ2n) is 4.87. The quantitative estimate of drug-likeness (QED) is 0.845. The first-order chi connectivity index (χ1) is 9.65. The highest BCUT2D eigenvalue weighted by atomic mass is 79.9. The van der Waals surface area contributed by atoms with E-state index in [1.54, 1.807) is 6.07 Å².